The number of nitrogens with zero attached hydrogens (tertiary/aromatic N) is 1. The van der Waals surface area contributed by atoms with Crippen LogP contribution < -0.4 is 0 Å². The van der Waals surface area contributed by atoms with Crippen LogP contribution in [0.2, 0.25) is 0 Å². The highest BCUT2D eigenvalue weighted by molar-refractivity contribution is 8.00. The van der Waals surface area contributed by atoms with Crippen LogP contribution in [0.1, 0.15) is 17.4 Å². The first-order chi connectivity index (χ1) is 5.92. The van der Waals surface area contributed by atoms with Crippen LogP contribution in [0.4, 0.5) is 0 Å². The molecule has 1 aromatic rings. The van der Waals surface area contributed by atoms with Gasteiger partial charge in [0, 0.05) is 16.3 Å². The Kier molecular flexibility index (Phi) is 2.61. The lowest BCUT2D eigenvalue weighted by molar-refractivity contribution is 0.824. The van der Waals surface area contributed by atoms with Gasteiger partial charge in [0.05, 0.1) is 5.69 Å². The summed E-state index contributed by atoms with van der Waals surface area (Å²) in [5, 5.41) is 0.627. The summed E-state index contributed by atoms with van der Waals surface area (Å²) in [6, 6.07) is 4.20. The Bertz CT molecular complexity index is 275. The van der Waals surface area contributed by atoms with Gasteiger partial charge in [-0.15, -0.1) is 11.8 Å². The van der Waals surface area contributed by atoms with Gasteiger partial charge in [0.2, 0.25) is 0 Å². The molecule has 2 rings (SSSR count). The quantitative estimate of drug-likeness (QED) is 0.687. The zero-order chi connectivity index (χ0) is 8.39. The van der Waals surface area contributed by atoms with E-state index in [0.717, 1.165) is 0 Å². The minimum Gasteiger partial charge on any atom is -0.259 e. The minimum absolute atomic E-state index is 0.627. The van der Waals surface area contributed by atoms with Crippen molar-refractivity contribution in [3.63, 3.8) is 0 Å². The second kappa shape index (κ2) is 3.71. The zero-order valence-electron chi connectivity index (χ0n) is 6.99. The van der Waals surface area contributed by atoms with E-state index in [4.69, 9.17) is 0 Å². The third kappa shape index (κ3) is 1.48. The van der Waals surface area contributed by atoms with Gasteiger partial charge < -0.3 is 0 Å². The fourth-order valence-electron chi connectivity index (χ4n) is 1.41. The number of hydrogen-bond acceptors (Lipinski definition) is 3. The van der Waals surface area contributed by atoms with Crippen LogP contribution in [0, 0.1) is 0 Å². The summed E-state index contributed by atoms with van der Waals surface area (Å²) in [6.45, 7) is 0. The molecule has 2 heterocycles. The summed E-state index contributed by atoms with van der Waals surface area (Å²) in [7, 11) is 0. The number of aromatic nitrogens is 1. The molecular formula is C9H11NS2. The van der Waals surface area contributed by atoms with Crippen LogP contribution in [0.5, 0.6) is 0 Å². The monoisotopic (exact) mass is 197 g/mol. The van der Waals surface area contributed by atoms with Crippen molar-refractivity contribution < 1.29 is 0 Å². The zero-order valence-corrected chi connectivity index (χ0v) is 8.62. The number of pyridine rings is 1. The van der Waals surface area contributed by atoms with Crippen molar-refractivity contribution in [3.05, 3.63) is 24.0 Å². The van der Waals surface area contributed by atoms with Crippen LogP contribution in [0.3, 0.4) is 0 Å². The number of thioether (sulfide) groups is 2. The first kappa shape index (κ1) is 8.45. The highest BCUT2D eigenvalue weighted by atomic mass is 32.2. The topological polar surface area (TPSA) is 12.9 Å². The van der Waals surface area contributed by atoms with Crippen molar-refractivity contribution in [2.75, 3.05) is 12.0 Å². The summed E-state index contributed by atoms with van der Waals surface area (Å²) in [4.78, 5) is 5.81. The molecule has 0 saturated heterocycles. The highest BCUT2D eigenvalue weighted by Crippen LogP contribution is 2.40. The van der Waals surface area contributed by atoms with Gasteiger partial charge in [-0.05, 0) is 30.6 Å². The number of fused-ring (bicyclic) bond motifs is 1. The fourth-order valence-corrected chi connectivity index (χ4v) is 3.49. The van der Waals surface area contributed by atoms with E-state index in [1.165, 1.54) is 22.8 Å². The van der Waals surface area contributed by atoms with Gasteiger partial charge in [-0.2, -0.15) is 11.8 Å². The summed E-state index contributed by atoms with van der Waals surface area (Å²) in [5.74, 6) is 1.24. The van der Waals surface area contributed by atoms with Crippen molar-refractivity contribution in [1.82, 2.24) is 4.98 Å². The average Bonchev–Trinajstić information content (AvgIpc) is 2.17. The van der Waals surface area contributed by atoms with Crippen LogP contribution in [-0.2, 0) is 0 Å². The number of hydrogen-bond donors (Lipinski definition) is 0. The van der Waals surface area contributed by atoms with Crippen LogP contribution in [0.25, 0.3) is 0 Å². The van der Waals surface area contributed by atoms with Gasteiger partial charge in [-0.25, -0.2) is 0 Å². The molecule has 1 atom stereocenters. The van der Waals surface area contributed by atoms with Gasteiger partial charge >= 0.3 is 0 Å². The normalized spacial score (nSPS) is 21.9. The van der Waals surface area contributed by atoms with Gasteiger partial charge in [0.15, 0.2) is 0 Å². The van der Waals surface area contributed by atoms with Crippen LogP contribution >= 0.6 is 23.5 Å². The highest BCUT2D eigenvalue weighted by Gasteiger charge is 2.20. The number of rotatable bonds is 1. The van der Waals surface area contributed by atoms with Crippen molar-refractivity contribution in [1.29, 1.82) is 0 Å². The molecule has 1 aromatic heterocycles. The standard InChI is InChI=1S/C9H11NS2/c1-11-7-4-6-12-8-3-2-5-10-9(7)8/h2-3,5,7H,4,6H2,1H3. The molecule has 1 aliphatic rings. The average molecular weight is 197 g/mol. The molecule has 0 saturated carbocycles. The van der Waals surface area contributed by atoms with Gasteiger partial charge in [-0.3, -0.25) is 4.98 Å². The molecular weight excluding hydrogens is 186 g/mol. The smallest absolute Gasteiger partial charge is 0.0669 e. The Morgan fingerprint density at radius 2 is 2.58 bits per heavy atom. The first-order valence-electron chi connectivity index (χ1n) is 4.02. The molecule has 1 aliphatic heterocycles. The van der Waals surface area contributed by atoms with E-state index < -0.39 is 0 Å². The molecule has 0 fully saturated rings. The van der Waals surface area contributed by atoms with Crippen molar-refractivity contribution in [2.45, 2.75) is 16.6 Å². The molecule has 0 radical (unpaired) electrons. The van der Waals surface area contributed by atoms with E-state index in [1.807, 2.05) is 35.8 Å². The maximum absolute atomic E-state index is 4.43. The fraction of sp³-hybridized carbons (Fsp3) is 0.444. The summed E-state index contributed by atoms with van der Waals surface area (Å²) in [6.07, 6.45) is 5.32. The Morgan fingerprint density at radius 3 is 3.42 bits per heavy atom. The van der Waals surface area contributed by atoms with Gasteiger partial charge in [0.25, 0.3) is 0 Å². The molecule has 0 aliphatic carbocycles. The predicted molar refractivity (Wildman–Crippen MR) is 55.8 cm³/mol. The largest absolute Gasteiger partial charge is 0.259 e. The molecule has 0 amide bonds. The van der Waals surface area contributed by atoms with Crippen molar-refractivity contribution in [2.24, 2.45) is 0 Å². The molecule has 1 unspecified atom stereocenters. The summed E-state index contributed by atoms with van der Waals surface area (Å²) < 4.78 is 0. The molecule has 1 nitrogen and oxygen atoms in total. The maximum atomic E-state index is 4.43. The minimum atomic E-state index is 0.627. The molecule has 0 spiro atoms. The lowest BCUT2D eigenvalue weighted by Gasteiger charge is -2.21. The molecule has 64 valence electrons. The van der Waals surface area contributed by atoms with E-state index in [0.29, 0.717) is 5.25 Å². The second-order valence-electron chi connectivity index (χ2n) is 2.75. The van der Waals surface area contributed by atoms with Gasteiger partial charge in [0.1, 0.15) is 0 Å². The Balaban J connectivity index is 2.37. The van der Waals surface area contributed by atoms with E-state index in [9.17, 15) is 0 Å². The third-order valence-corrected chi connectivity index (χ3v) is 4.15. The SMILES string of the molecule is CSC1CCSc2cccnc21. The predicted octanol–water partition coefficient (Wildman–Crippen LogP) is 2.98. The van der Waals surface area contributed by atoms with Crippen molar-refractivity contribution in [3.8, 4) is 0 Å². The summed E-state index contributed by atoms with van der Waals surface area (Å²) >= 11 is 3.84. The lowest BCUT2D eigenvalue weighted by atomic mass is 10.2. The molecule has 3 heteroatoms. The molecule has 0 N–H and O–H groups in total. The first-order valence-corrected chi connectivity index (χ1v) is 6.29. The van der Waals surface area contributed by atoms with Crippen LogP contribution in [-0.4, -0.2) is 17.0 Å². The summed E-state index contributed by atoms with van der Waals surface area (Å²) in [5.41, 5.74) is 1.29. The molecule has 0 aromatic carbocycles. The Labute approximate surface area is 81.4 Å². The lowest BCUT2D eigenvalue weighted by Crippen LogP contribution is -2.05. The van der Waals surface area contributed by atoms with Crippen molar-refractivity contribution >= 4 is 23.5 Å². The van der Waals surface area contributed by atoms with E-state index in [-0.39, 0.29) is 0 Å². The van der Waals surface area contributed by atoms with Crippen LogP contribution in [0.15, 0.2) is 23.2 Å². The van der Waals surface area contributed by atoms with E-state index >= 15 is 0 Å². The molecule has 12 heavy (non-hydrogen) atoms. The second-order valence-corrected chi connectivity index (χ2v) is 4.93. The third-order valence-electron chi connectivity index (χ3n) is 2.03. The Morgan fingerprint density at radius 1 is 1.67 bits per heavy atom. The molecule has 0 bridgehead atoms. The van der Waals surface area contributed by atoms with E-state index in [2.05, 4.69) is 17.3 Å². The van der Waals surface area contributed by atoms with Gasteiger partial charge in [-0.1, -0.05) is 0 Å². The maximum Gasteiger partial charge on any atom is 0.0669 e. The Hall–Kier alpha value is -0.150. The van der Waals surface area contributed by atoms with E-state index in [1.54, 1.807) is 0 Å².